The summed E-state index contributed by atoms with van der Waals surface area (Å²) in [6, 6.07) is 0.501. The highest BCUT2D eigenvalue weighted by Gasteiger charge is 2.35. The van der Waals surface area contributed by atoms with Crippen LogP contribution in [0.2, 0.25) is 0 Å². The van der Waals surface area contributed by atoms with Gasteiger partial charge in [0.25, 0.3) is 5.91 Å². The third-order valence-corrected chi connectivity index (χ3v) is 7.95. The minimum absolute atomic E-state index is 0.0445. The molecule has 0 saturated carbocycles. The summed E-state index contributed by atoms with van der Waals surface area (Å²) in [6.45, 7) is 6.03. The number of aromatic nitrogens is 4. The van der Waals surface area contributed by atoms with Crippen molar-refractivity contribution in [2.24, 2.45) is 5.92 Å². The number of rotatable bonds is 6. The van der Waals surface area contributed by atoms with E-state index in [1.54, 1.807) is 0 Å². The molecule has 3 aliphatic heterocycles. The van der Waals surface area contributed by atoms with Crippen LogP contribution in [0.1, 0.15) is 23.2 Å². The van der Waals surface area contributed by atoms with Crippen molar-refractivity contribution in [3.63, 3.8) is 0 Å². The number of piperazine rings is 1. The largest absolute Gasteiger partial charge is 0.381 e. The second kappa shape index (κ2) is 10.6. The quantitative estimate of drug-likeness (QED) is 0.409. The number of hydrogen-bond acceptors (Lipinski definition) is 10. The number of nitrogens with zero attached hydrogens (tertiary/aromatic N) is 7. The van der Waals surface area contributed by atoms with Crippen molar-refractivity contribution in [1.82, 2.24) is 29.4 Å². The Balaban J connectivity index is 1.12. The van der Waals surface area contributed by atoms with E-state index in [1.165, 1.54) is 6.20 Å². The third-order valence-electron chi connectivity index (χ3n) is 7.95. The lowest BCUT2D eigenvalue weighted by molar-refractivity contribution is -0.107. The predicted octanol–water partition coefficient (Wildman–Crippen LogP) is 0.788. The van der Waals surface area contributed by atoms with Gasteiger partial charge in [0.1, 0.15) is 17.5 Å². The lowest BCUT2D eigenvalue weighted by Gasteiger charge is -2.45. The first-order valence-electron chi connectivity index (χ1n) is 13.1. The zero-order valence-electron chi connectivity index (χ0n) is 21.3. The van der Waals surface area contributed by atoms with Gasteiger partial charge in [0.2, 0.25) is 0 Å². The van der Waals surface area contributed by atoms with E-state index in [-0.39, 0.29) is 34.3 Å². The number of nitrogen functional groups attached to an aromatic ring is 1. The summed E-state index contributed by atoms with van der Waals surface area (Å²) in [5.41, 5.74) is 6.34. The lowest BCUT2D eigenvalue weighted by atomic mass is 9.93. The number of anilines is 3. The number of halogens is 2. The Hall–Kier alpha value is -3.46. The molecule has 3 fully saturated rings. The van der Waals surface area contributed by atoms with Crippen LogP contribution in [0, 0.1) is 17.6 Å². The molecule has 3 aromatic rings. The molecular weight excluding hydrogens is 512 g/mol. The molecule has 1 amide bonds. The molecule has 3 aromatic heterocycles. The Labute approximate surface area is 223 Å². The molecule has 4 N–H and O–H groups in total. The Morgan fingerprint density at radius 1 is 1.10 bits per heavy atom. The monoisotopic (exact) mass is 543 g/mol. The van der Waals surface area contributed by atoms with Crippen LogP contribution in [-0.4, -0.2) is 105 Å². The second-order valence-electron chi connectivity index (χ2n) is 10.3. The maximum atomic E-state index is 15.1. The lowest BCUT2D eigenvalue weighted by Crippen LogP contribution is -2.59. The fourth-order valence-corrected chi connectivity index (χ4v) is 5.69. The fraction of sp³-hybridized carbons (Fsp3) is 0.520. The number of piperidine rings is 1. The number of fused-ring (bicyclic) bond motifs is 1. The number of nitrogens with one attached hydrogen (secondary N) is 1. The maximum Gasteiger partial charge on any atom is 0.263 e. The third kappa shape index (κ3) is 5.00. The van der Waals surface area contributed by atoms with Gasteiger partial charge in [-0.2, -0.15) is 0 Å². The van der Waals surface area contributed by atoms with E-state index in [9.17, 15) is 14.3 Å². The summed E-state index contributed by atoms with van der Waals surface area (Å²) in [4.78, 5) is 27.4. The number of carbonyl (C=O) groups is 1. The number of hydrogen-bond donors (Lipinski definition) is 3. The first-order chi connectivity index (χ1) is 18.9. The van der Waals surface area contributed by atoms with Crippen LogP contribution >= 0.6 is 0 Å². The minimum Gasteiger partial charge on any atom is -0.381 e. The standard InChI is InChI=1S/C25H31F2N9O3/c26-16-9-30-23-20(22(28)32-36(23)12-16)24(37)31-19-11-29-10-18(27)21(19)34-3-1-15(2-4-34)25(38)35-7-5-33(6-8-35)17-13-39-14-17/h9-12,15,17,25,38H,1-8,13-14H2,(H2,28,32)(H,31,37). The van der Waals surface area contributed by atoms with Crippen LogP contribution in [-0.2, 0) is 4.74 Å². The summed E-state index contributed by atoms with van der Waals surface area (Å²) in [5, 5.41) is 17.7. The molecule has 39 heavy (non-hydrogen) atoms. The van der Waals surface area contributed by atoms with E-state index in [0.717, 1.165) is 62.5 Å². The smallest absolute Gasteiger partial charge is 0.263 e. The van der Waals surface area contributed by atoms with Gasteiger partial charge in [-0.1, -0.05) is 0 Å². The molecule has 0 aliphatic carbocycles. The van der Waals surface area contributed by atoms with Crippen LogP contribution < -0.4 is 16.0 Å². The zero-order valence-corrected chi connectivity index (χ0v) is 21.3. The van der Waals surface area contributed by atoms with Gasteiger partial charge in [0, 0.05) is 45.2 Å². The highest BCUT2D eigenvalue weighted by molar-refractivity contribution is 6.12. The van der Waals surface area contributed by atoms with Gasteiger partial charge < -0.3 is 25.8 Å². The number of amides is 1. The first kappa shape index (κ1) is 25.8. The number of aliphatic hydroxyl groups excluding tert-OH is 1. The minimum atomic E-state index is -0.659. The number of aliphatic hydroxyl groups is 1. The van der Waals surface area contributed by atoms with Crippen molar-refractivity contribution in [1.29, 1.82) is 0 Å². The van der Waals surface area contributed by atoms with Crippen molar-refractivity contribution < 1.29 is 23.4 Å². The Kier molecular flexibility index (Phi) is 7.01. The van der Waals surface area contributed by atoms with Crippen LogP contribution in [0.25, 0.3) is 5.65 Å². The van der Waals surface area contributed by atoms with E-state index >= 15 is 4.39 Å². The molecule has 3 aliphatic rings. The Bertz CT molecular complexity index is 1350. The molecule has 0 spiro atoms. The first-order valence-corrected chi connectivity index (χ1v) is 13.1. The molecule has 12 nitrogen and oxygen atoms in total. The molecule has 0 radical (unpaired) electrons. The molecule has 6 heterocycles. The molecule has 208 valence electrons. The van der Waals surface area contributed by atoms with E-state index in [1.807, 2.05) is 4.90 Å². The van der Waals surface area contributed by atoms with Crippen molar-refractivity contribution in [2.75, 3.05) is 68.4 Å². The van der Waals surface area contributed by atoms with Gasteiger partial charge in [-0.15, -0.1) is 5.10 Å². The summed E-state index contributed by atoms with van der Waals surface area (Å²) in [5.74, 6) is -1.93. The summed E-state index contributed by atoms with van der Waals surface area (Å²) in [7, 11) is 0. The number of carbonyl (C=O) groups excluding carboxylic acids is 1. The molecule has 14 heteroatoms. The molecule has 3 saturated heterocycles. The molecular formula is C25H31F2N9O3. The summed E-state index contributed by atoms with van der Waals surface area (Å²) in [6.07, 6.45) is 5.29. The van der Waals surface area contributed by atoms with Gasteiger partial charge in [0.05, 0.1) is 49.7 Å². The van der Waals surface area contributed by atoms with Crippen LogP contribution in [0.3, 0.4) is 0 Å². The molecule has 6 rings (SSSR count). The molecule has 0 aromatic carbocycles. The number of nitrogens with two attached hydrogens (primary N) is 1. The average molecular weight is 544 g/mol. The van der Waals surface area contributed by atoms with E-state index < -0.39 is 23.8 Å². The molecule has 0 bridgehead atoms. The van der Waals surface area contributed by atoms with E-state index in [2.05, 4.69) is 30.2 Å². The maximum absolute atomic E-state index is 15.1. The number of pyridine rings is 1. The van der Waals surface area contributed by atoms with Crippen LogP contribution in [0.15, 0.2) is 24.8 Å². The normalized spacial score (nSPS) is 20.7. The number of ether oxygens (including phenoxy) is 1. The Morgan fingerprint density at radius 2 is 1.85 bits per heavy atom. The van der Waals surface area contributed by atoms with Gasteiger partial charge in [0.15, 0.2) is 23.1 Å². The molecule has 1 atom stereocenters. The zero-order chi connectivity index (χ0) is 27.1. The van der Waals surface area contributed by atoms with E-state index in [0.29, 0.717) is 32.0 Å². The summed E-state index contributed by atoms with van der Waals surface area (Å²) >= 11 is 0. The second-order valence-corrected chi connectivity index (χ2v) is 10.3. The molecule has 1 unspecified atom stereocenters. The van der Waals surface area contributed by atoms with Gasteiger partial charge in [-0.05, 0) is 12.8 Å². The highest BCUT2D eigenvalue weighted by Crippen LogP contribution is 2.34. The van der Waals surface area contributed by atoms with Gasteiger partial charge in [-0.3, -0.25) is 19.6 Å². The fourth-order valence-electron chi connectivity index (χ4n) is 5.69. The van der Waals surface area contributed by atoms with Gasteiger partial charge >= 0.3 is 0 Å². The van der Waals surface area contributed by atoms with Crippen molar-refractivity contribution in [3.05, 3.63) is 42.0 Å². The average Bonchev–Trinajstić information content (AvgIpc) is 3.23. The predicted molar refractivity (Wildman–Crippen MR) is 138 cm³/mol. The van der Waals surface area contributed by atoms with Crippen molar-refractivity contribution in [3.8, 4) is 0 Å². The highest BCUT2D eigenvalue weighted by atomic mass is 19.1. The Morgan fingerprint density at radius 3 is 2.54 bits per heavy atom. The van der Waals surface area contributed by atoms with Gasteiger partial charge in [-0.25, -0.2) is 18.3 Å². The van der Waals surface area contributed by atoms with Crippen molar-refractivity contribution in [2.45, 2.75) is 25.1 Å². The van der Waals surface area contributed by atoms with Crippen LogP contribution in [0.5, 0.6) is 0 Å². The van der Waals surface area contributed by atoms with E-state index in [4.69, 9.17) is 10.5 Å². The summed E-state index contributed by atoms with van der Waals surface area (Å²) < 4.78 is 35.0. The topological polar surface area (TPSA) is 137 Å². The SMILES string of the molecule is Nc1nn2cc(F)cnc2c1C(=O)Nc1cncc(F)c1N1CCC(C(O)N2CCN(C3COC3)CC2)CC1. The van der Waals surface area contributed by atoms with Crippen LogP contribution in [0.4, 0.5) is 26.0 Å². The van der Waals surface area contributed by atoms with Crippen molar-refractivity contribution >= 4 is 28.7 Å².